The first kappa shape index (κ1) is 19.7. The van der Waals surface area contributed by atoms with Crippen molar-refractivity contribution in [1.29, 1.82) is 0 Å². The fraction of sp³-hybridized carbons (Fsp3) is 0.304. The van der Waals surface area contributed by atoms with Crippen molar-refractivity contribution in [3.8, 4) is 5.69 Å². The van der Waals surface area contributed by atoms with Gasteiger partial charge in [-0.1, -0.05) is 36.7 Å². The highest BCUT2D eigenvalue weighted by molar-refractivity contribution is 6.30. The second-order valence-corrected chi connectivity index (χ2v) is 7.81. The third-order valence-corrected chi connectivity index (χ3v) is 5.71. The van der Waals surface area contributed by atoms with E-state index in [2.05, 4.69) is 11.8 Å². The normalized spacial score (nSPS) is 15.0. The lowest BCUT2D eigenvalue weighted by Crippen LogP contribution is -2.49. The Hall–Kier alpha value is -2.63. The van der Waals surface area contributed by atoms with Crippen LogP contribution in [0.15, 0.2) is 59.5 Å². The number of carbonyl (C=O) groups excluding carboxylic acids is 1. The third-order valence-electron chi connectivity index (χ3n) is 5.46. The van der Waals surface area contributed by atoms with Gasteiger partial charge in [0.1, 0.15) is 0 Å². The van der Waals surface area contributed by atoms with E-state index in [9.17, 15) is 9.59 Å². The maximum atomic E-state index is 13.4. The van der Waals surface area contributed by atoms with Crippen LogP contribution in [0.2, 0.25) is 5.02 Å². The molecule has 150 valence electrons. The van der Waals surface area contributed by atoms with Gasteiger partial charge in [0.2, 0.25) is 0 Å². The summed E-state index contributed by atoms with van der Waals surface area (Å²) in [6.07, 6.45) is 2.79. The van der Waals surface area contributed by atoms with Crippen molar-refractivity contribution in [1.82, 2.24) is 14.4 Å². The number of piperazine rings is 1. The lowest BCUT2D eigenvalue weighted by atomic mass is 10.1. The Kier molecular flexibility index (Phi) is 5.69. The van der Waals surface area contributed by atoms with E-state index in [1.165, 1.54) is 0 Å². The minimum Gasteiger partial charge on any atom is -0.336 e. The standard InChI is InChI=1S/C23H24ClN3O2/c1-2-11-25-12-14-26(15-13-25)22(28)21-16-27(18-9-7-17(24)8-10-18)23(29)20-6-4-3-5-19(20)21/h3-10,16H,2,11-15H2,1H3. The predicted octanol–water partition coefficient (Wildman–Crippen LogP) is 3.81. The average molecular weight is 410 g/mol. The summed E-state index contributed by atoms with van der Waals surface area (Å²) in [5.74, 6) is -0.0277. The van der Waals surface area contributed by atoms with E-state index in [1.54, 1.807) is 41.1 Å². The summed E-state index contributed by atoms with van der Waals surface area (Å²) in [6, 6.07) is 14.4. The van der Waals surface area contributed by atoms with Crippen molar-refractivity contribution in [2.24, 2.45) is 0 Å². The fourth-order valence-electron chi connectivity index (χ4n) is 3.92. The van der Waals surface area contributed by atoms with Crippen molar-refractivity contribution in [2.75, 3.05) is 32.7 Å². The molecule has 5 nitrogen and oxygen atoms in total. The van der Waals surface area contributed by atoms with Gasteiger partial charge in [0.05, 0.1) is 5.56 Å². The second kappa shape index (κ2) is 8.39. The number of fused-ring (bicyclic) bond motifs is 1. The average Bonchev–Trinajstić information content (AvgIpc) is 2.75. The molecule has 1 aromatic heterocycles. The van der Waals surface area contributed by atoms with Crippen LogP contribution >= 0.6 is 11.6 Å². The Balaban J connectivity index is 1.76. The molecular weight excluding hydrogens is 386 g/mol. The Morgan fingerprint density at radius 2 is 1.62 bits per heavy atom. The molecule has 0 spiro atoms. The van der Waals surface area contributed by atoms with Gasteiger partial charge in [-0.25, -0.2) is 0 Å². The van der Waals surface area contributed by atoms with Crippen LogP contribution in [-0.2, 0) is 0 Å². The van der Waals surface area contributed by atoms with E-state index in [0.717, 1.165) is 26.1 Å². The van der Waals surface area contributed by atoms with Crippen LogP contribution in [0.3, 0.4) is 0 Å². The molecule has 4 rings (SSSR count). The van der Waals surface area contributed by atoms with Crippen LogP contribution < -0.4 is 5.56 Å². The zero-order valence-corrected chi connectivity index (χ0v) is 17.2. The number of hydrogen-bond acceptors (Lipinski definition) is 3. The van der Waals surface area contributed by atoms with Gasteiger partial charge in [-0.05, 0) is 43.3 Å². The molecule has 1 aliphatic heterocycles. The first-order valence-corrected chi connectivity index (χ1v) is 10.4. The monoisotopic (exact) mass is 409 g/mol. The lowest BCUT2D eigenvalue weighted by molar-refractivity contribution is 0.0639. The highest BCUT2D eigenvalue weighted by Crippen LogP contribution is 2.21. The largest absolute Gasteiger partial charge is 0.336 e. The van der Waals surface area contributed by atoms with Gasteiger partial charge in [0.15, 0.2) is 0 Å². The number of pyridine rings is 1. The van der Waals surface area contributed by atoms with Gasteiger partial charge in [-0.2, -0.15) is 0 Å². The second-order valence-electron chi connectivity index (χ2n) is 7.37. The summed E-state index contributed by atoms with van der Waals surface area (Å²) in [6.45, 7) is 6.40. The summed E-state index contributed by atoms with van der Waals surface area (Å²) in [5.41, 5.74) is 1.10. The van der Waals surface area contributed by atoms with E-state index >= 15 is 0 Å². The highest BCUT2D eigenvalue weighted by Gasteiger charge is 2.24. The highest BCUT2D eigenvalue weighted by atomic mass is 35.5. The molecule has 0 unspecified atom stereocenters. The van der Waals surface area contributed by atoms with Crippen LogP contribution in [0.1, 0.15) is 23.7 Å². The smallest absolute Gasteiger partial charge is 0.262 e. The predicted molar refractivity (Wildman–Crippen MR) is 117 cm³/mol. The van der Waals surface area contributed by atoms with E-state index < -0.39 is 0 Å². The molecule has 2 aromatic carbocycles. The summed E-state index contributed by atoms with van der Waals surface area (Å²) in [7, 11) is 0. The van der Waals surface area contributed by atoms with Crippen LogP contribution in [-0.4, -0.2) is 53.0 Å². The number of halogens is 1. The number of aromatic nitrogens is 1. The molecule has 1 fully saturated rings. The third kappa shape index (κ3) is 3.93. The molecule has 0 N–H and O–H groups in total. The van der Waals surface area contributed by atoms with Gasteiger partial charge >= 0.3 is 0 Å². The zero-order chi connectivity index (χ0) is 20.4. The topological polar surface area (TPSA) is 45.5 Å². The molecule has 1 aliphatic rings. The van der Waals surface area contributed by atoms with E-state index in [1.807, 2.05) is 23.1 Å². The molecule has 2 heterocycles. The van der Waals surface area contributed by atoms with Gasteiger partial charge < -0.3 is 4.90 Å². The quantitative estimate of drug-likeness (QED) is 0.658. The van der Waals surface area contributed by atoms with Crippen molar-refractivity contribution in [3.63, 3.8) is 0 Å². The molecule has 0 radical (unpaired) electrons. The Labute approximate surface area is 175 Å². The van der Waals surface area contributed by atoms with Crippen molar-refractivity contribution < 1.29 is 4.79 Å². The lowest BCUT2D eigenvalue weighted by Gasteiger charge is -2.34. The van der Waals surface area contributed by atoms with Crippen LogP contribution in [0.4, 0.5) is 0 Å². The molecule has 0 bridgehead atoms. The van der Waals surface area contributed by atoms with Crippen LogP contribution in [0.5, 0.6) is 0 Å². The van der Waals surface area contributed by atoms with Crippen molar-refractivity contribution >= 4 is 28.3 Å². The SMILES string of the molecule is CCCN1CCN(C(=O)c2cn(-c3ccc(Cl)cc3)c(=O)c3ccccc23)CC1. The first-order valence-electron chi connectivity index (χ1n) is 10.0. The molecule has 0 aliphatic carbocycles. The van der Waals surface area contributed by atoms with E-state index in [0.29, 0.717) is 40.1 Å². The number of carbonyl (C=O) groups is 1. The maximum Gasteiger partial charge on any atom is 0.262 e. The molecule has 0 atom stereocenters. The van der Waals surface area contributed by atoms with Crippen LogP contribution in [0.25, 0.3) is 16.5 Å². The van der Waals surface area contributed by atoms with Gasteiger partial charge in [0, 0.05) is 53.9 Å². The van der Waals surface area contributed by atoms with E-state index in [4.69, 9.17) is 11.6 Å². The fourth-order valence-corrected chi connectivity index (χ4v) is 4.04. The van der Waals surface area contributed by atoms with Crippen molar-refractivity contribution in [2.45, 2.75) is 13.3 Å². The van der Waals surface area contributed by atoms with Gasteiger partial charge in [0.25, 0.3) is 11.5 Å². The Morgan fingerprint density at radius 3 is 2.28 bits per heavy atom. The minimum absolute atomic E-state index is 0.0277. The number of rotatable bonds is 4. The molecular formula is C23H24ClN3O2. The molecule has 3 aromatic rings. The summed E-state index contributed by atoms with van der Waals surface area (Å²) < 4.78 is 1.54. The first-order chi connectivity index (χ1) is 14.1. The molecule has 0 saturated carbocycles. The van der Waals surface area contributed by atoms with E-state index in [-0.39, 0.29) is 11.5 Å². The summed E-state index contributed by atoms with van der Waals surface area (Å²) in [5, 5.41) is 1.84. The molecule has 1 amide bonds. The molecule has 6 heteroatoms. The Morgan fingerprint density at radius 1 is 0.966 bits per heavy atom. The van der Waals surface area contributed by atoms with Gasteiger partial charge in [-0.15, -0.1) is 0 Å². The number of amides is 1. The maximum absolute atomic E-state index is 13.4. The number of benzene rings is 2. The van der Waals surface area contributed by atoms with Crippen molar-refractivity contribution in [3.05, 3.63) is 75.7 Å². The summed E-state index contributed by atoms with van der Waals surface area (Å²) in [4.78, 5) is 30.8. The summed E-state index contributed by atoms with van der Waals surface area (Å²) >= 11 is 6.00. The number of hydrogen-bond donors (Lipinski definition) is 0. The minimum atomic E-state index is -0.146. The zero-order valence-electron chi connectivity index (χ0n) is 16.5. The number of nitrogens with zero attached hydrogens (tertiary/aromatic N) is 3. The van der Waals surface area contributed by atoms with Crippen LogP contribution in [0, 0.1) is 0 Å². The Bertz CT molecular complexity index is 1080. The van der Waals surface area contributed by atoms with Gasteiger partial charge in [-0.3, -0.25) is 19.1 Å². The molecule has 1 saturated heterocycles. The molecule has 29 heavy (non-hydrogen) atoms.